The summed E-state index contributed by atoms with van der Waals surface area (Å²) in [7, 11) is 1.56. The third-order valence-corrected chi connectivity index (χ3v) is 4.81. The number of ketones is 2. The van der Waals surface area contributed by atoms with Gasteiger partial charge in [0.2, 0.25) is 5.78 Å². The van der Waals surface area contributed by atoms with Gasteiger partial charge in [-0.15, -0.1) is 0 Å². The normalized spacial score (nSPS) is 14.7. The molecule has 0 bridgehead atoms. The molecule has 8 heteroatoms. The lowest BCUT2D eigenvalue weighted by molar-refractivity contribution is 0.0957. The number of aromatic nitrogens is 2. The van der Waals surface area contributed by atoms with Crippen molar-refractivity contribution in [3.05, 3.63) is 72.4 Å². The molecule has 0 amide bonds. The van der Waals surface area contributed by atoms with E-state index in [4.69, 9.17) is 13.6 Å². The zero-order valence-electron chi connectivity index (χ0n) is 16.4. The number of fused-ring (bicyclic) bond motifs is 1. The van der Waals surface area contributed by atoms with Crippen molar-refractivity contribution in [2.45, 2.75) is 6.42 Å². The van der Waals surface area contributed by atoms with E-state index >= 15 is 0 Å². The zero-order chi connectivity index (χ0) is 21.4. The van der Waals surface area contributed by atoms with Crippen LogP contribution in [0.3, 0.4) is 0 Å². The number of carbonyl (C=O) groups excluding carboxylic acids is 2. The molecular weight excluding hydrogens is 398 g/mol. The number of furan rings is 2. The average molecular weight is 413 g/mol. The Hall–Kier alpha value is -4.33. The molecule has 0 aliphatic heterocycles. The van der Waals surface area contributed by atoms with Crippen LogP contribution in [0.1, 0.15) is 27.4 Å². The molecule has 0 fully saturated rings. The first-order valence-corrected chi connectivity index (χ1v) is 9.43. The maximum atomic E-state index is 13.1. The quantitative estimate of drug-likeness (QED) is 0.483. The second-order valence-electron chi connectivity index (χ2n) is 6.76. The van der Waals surface area contributed by atoms with Crippen molar-refractivity contribution >= 4 is 23.0 Å². The lowest BCUT2D eigenvalue weighted by Gasteiger charge is -2.16. The Morgan fingerprint density at radius 1 is 0.839 bits per heavy atom. The van der Waals surface area contributed by atoms with Gasteiger partial charge in [-0.25, -0.2) is 15.0 Å². The van der Waals surface area contributed by atoms with E-state index in [-0.39, 0.29) is 29.3 Å². The number of Topliss-reactive ketones (excluding diaryl/α,β-unsaturated/α-hetero) is 2. The van der Waals surface area contributed by atoms with Crippen molar-refractivity contribution in [2.75, 3.05) is 7.11 Å². The van der Waals surface area contributed by atoms with Crippen LogP contribution in [0.5, 0.6) is 5.75 Å². The van der Waals surface area contributed by atoms with E-state index in [1.165, 1.54) is 12.5 Å². The average Bonchev–Trinajstić information content (AvgIpc) is 3.51. The minimum Gasteiger partial charge on any atom is -0.497 e. The fraction of sp³-hybridized carbons (Fsp3) is 0.0870. The summed E-state index contributed by atoms with van der Waals surface area (Å²) >= 11 is 0. The molecule has 0 atom stereocenters. The second-order valence-corrected chi connectivity index (χ2v) is 6.76. The Kier molecular flexibility index (Phi) is 4.51. The van der Waals surface area contributed by atoms with E-state index < -0.39 is 5.78 Å². The predicted octanol–water partition coefficient (Wildman–Crippen LogP) is 4.55. The summed E-state index contributed by atoms with van der Waals surface area (Å²) in [6.07, 6.45) is 2.82. The van der Waals surface area contributed by atoms with Crippen molar-refractivity contribution in [3.63, 3.8) is 0 Å². The predicted molar refractivity (Wildman–Crippen MR) is 111 cm³/mol. The van der Waals surface area contributed by atoms with Gasteiger partial charge in [0, 0.05) is 0 Å². The van der Waals surface area contributed by atoms with Gasteiger partial charge in [0.25, 0.3) is 0 Å². The molecule has 0 N–H and O–H groups in total. The Morgan fingerprint density at radius 3 is 2.00 bits per heavy atom. The molecule has 1 aliphatic carbocycles. The maximum Gasteiger partial charge on any atom is 0.228 e. The van der Waals surface area contributed by atoms with Crippen LogP contribution in [-0.4, -0.2) is 34.4 Å². The molecule has 1 aliphatic rings. The molecule has 5 rings (SSSR count). The third kappa shape index (κ3) is 3.33. The highest BCUT2D eigenvalue weighted by Crippen LogP contribution is 2.32. The molecule has 1 aromatic carbocycles. The van der Waals surface area contributed by atoms with Crippen LogP contribution in [0.25, 0.3) is 22.9 Å². The zero-order valence-corrected chi connectivity index (χ0v) is 16.4. The molecule has 152 valence electrons. The minimum atomic E-state index is -0.447. The molecular formula is C23H15N3O5. The van der Waals surface area contributed by atoms with Gasteiger partial charge in [0.05, 0.1) is 37.5 Å². The Bertz CT molecular complexity index is 1300. The van der Waals surface area contributed by atoms with Gasteiger partial charge in [-0.1, -0.05) is 0 Å². The SMILES string of the molecule is COc1ccc(N=C2CC(=O)c3nc(-c4ccco4)c(-c4ccco4)nc3C2=O)cc1. The summed E-state index contributed by atoms with van der Waals surface area (Å²) in [5.74, 6) is 0.699. The highest BCUT2D eigenvalue weighted by atomic mass is 16.5. The highest BCUT2D eigenvalue weighted by Gasteiger charge is 2.34. The Balaban J connectivity index is 1.63. The molecule has 0 spiro atoms. The Morgan fingerprint density at radius 2 is 1.45 bits per heavy atom. The van der Waals surface area contributed by atoms with E-state index in [9.17, 15) is 9.59 Å². The number of benzene rings is 1. The summed E-state index contributed by atoms with van der Waals surface area (Å²) in [6.45, 7) is 0. The first-order chi connectivity index (χ1) is 15.1. The lowest BCUT2D eigenvalue weighted by Crippen LogP contribution is -2.30. The molecule has 0 saturated heterocycles. The number of aliphatic imine (C=N–C) groups is 1. The Labute approximate surface area is 176 Å². The molecule has 31 heavy (non-hydrogen) atoms. The standard InChI is InChI=1S/C23H15N3O5/c1-29-14-8-6-13(7-9-14)24-15-12-16(27)19-22(23(15)28)26-21(18-5-3-11-31-18)20(25-19)17-4-2-10-30-17/h2-11H,12H2,1H3. The summed E-state index contributed by atoms with van der Waals surface area (Å²) in [5, 5.41) is 0. The fourth-order valence-corrected chi connectivity index (χ4v) is 3.31. The molecule has 0 saturated carbocycles. The fourth-order valence-electron chi connectivity index (χ4n) is 3.31. The number of carbonyl (C=O) groups is 2. The van der Waals surface area contributed by atoms with Crippen LogP contribution in [0, 0.1) is 0 Å². The third-order valence-electron chi connectivity index (χ3n) is 4.81. The first-order valence-electron chi connectivity index (χ1n) is 9.43. The smallest absolute Gasteiger partial charge is 0.228 e. The van der Waals surface area contributed by atoms with Crippen LogP contribution in [0.4, 0.5) is 5.69 Å². The van der Waals surface area contributed by atoms with Crippen molar-refractivity contribution in [1.82, 2.24) is 9.97 Å². The molecule has 8 nitrogen and oxygen atoms in total. The van der Waals surface area contributed by atoms with Gasteiger partial charge in [0.1, 0.15) is 28.5 Å². The van der Waals surface area contributed by atoms with Gasteiger partial charge < -0.3 is 13.6 Å². The van der Waals surface area contributed by atoms with Crippen molar-refractivity contribution in [2.24, 2.45) is 4.99 Å². The highest BCUT2D eigenvalue weighted by molar-refractivity contribution is 6.52. The minimum absolute atomic E-state index is 0.000358. The van der Waals surface area contributed by atoms with Crippen LogP contribution in [-0.2, 0) is 0 Å². The molecule has 0 radical (unpaired) electrons. The van der Waals surface area contributed by atoms with E-state index in [0.29, 0.717) is 34.3 Å². The number of nitrogens with zero attached hydrogens (tertiary/aromatic N) is 3. The van der Waals surface area contributed by atoms with Gasteiger partial charge in [-0.05, 0) is 48.5 Å². The van der Waals surface area contributed by atoms with Crippen molar-refractivity contribution in [3.8, 4) is 28.7 Å². The first kappa shape index (κ1) is 18.7. The summed E-state index contributed by atoms with van der Waals surface area (Å²) in [4.78, 5) is 39.3. The largest absolute Gasteiger partial charge is 0.497 e. The van der Waals surface area contributed by atoms with Gasteiger partial charge >= 0.3 is 0 Å². The molecule has 3 aromatic heterocycles. The lowest BCUT2D eigenvalue weighted by atomic mass is 9.94. The van der Waals surface area contributed by atoms with Gasteiger partial charge in [-0.2, -0.15) is 0 Å². The molecule has 3 heterocycles. The van der Waals surface area contributed by atoms with Crippen molar-refractivity contribution < 1.29 is 23.2 Å². The number of hydrogen-bond acceptors (Lipinski definition) is 8. The molecule has 0 unspecified atom stereocenters. The second kappa shape index (κ2) is 7.49. The van der Waals surface area contributed by atoms with Crippen LogP contribution in [0.15, 0.2) is 74.9 Å². The van der Waals surface area contributed by atoms with E-state index in [1.54, 1.807) is 55.6 Å². The van der Waals surface area contributed by atoms with Gasteiger partial charge in [0.15, 0.2) is 17.3 Å². The summed E-state index contributed by atoms with van der Waals surface area (Å²) in [5.41, 5.74) is 1.23. The number of hydrogen-bond donors (Lipinski definition) is 0. The topological polar surface area (TPSA) is 108 Å². The maximum absolute atomic E-state index is 13.1. The number of methoxy groups -OCH3 is 1. The summed E-state index contributed by atoms with van der Waals surface area (Å²) in [6, 6.07) is 13.7. The van der Waals surface area contributed by atoms with E-state index in [0.717, 1.165) is 0 Å². The summed E-state index contributed by atoms with van der Waals surface area (Å²) < 4.78 is 16.1. The molecule has 4 aromatic rings. The van der Waals surface area contributed by atoms with E-state index in [2.05, 4.69) is 15.0 Å². The van der Waals surface area contributed by atoms with Gasteiger partial charge in [-0.3, -0.25) is 9.59 Å². The number of rotatable bonds is 4. The van der Waals surface area contributed by atoms with Crippen LogP contribution >= 0.6 is 0 Å². The van der Waals surface area contributed by atoms with Crippen LogP contribution in [0.2, 0.25) is 0 Å². The van der Waals surface area contributed by atoms with E-state index in [1.807, 2.05) is 0 Å². The van der Waals surface area contributed by atoms with Crippen molar-refractivity contribution in [1.29, 1.82) is 0 Å². The van der Waals surface area contributed by atoms with Crippen LogP contribution < -0.4 is 4.74 Å². The monoisotopic (exact) mass is 413 g/mol. The number of ether oxygens (including phenoxy) is 1.